The molecule has 1 saturated carbocycles. The molecule has 4 unspecified atom stereocenters. The van der Waals surface area contributed by atoms with Crippen molar-refractivity contribution in [2.24, 2.45) is 23.0 Å². The summed E-state index contributed by atoms with van der Waals surface area (Å²) in [6.45, 7) is 8.55. The highest BCUT2D eigenvalue weighted by Crippen LogP contribution is 2.46. The molecule has 7 nitrogen and oxygen atoms in total. The van der Waals surface area contributed by atoms with Crippen LogP contribution >= 0.6 is 11.6 Å². The van der Waals surface area contributed by atoms with Crippen LogP contribution in [0.25, 0.3) is 0 Å². The fraction of sp³-hybridized carbons (Fsp3) is 0.692. The molecule has 1 saturated heterocycles. The summed E-state index contributed by atoms with van der Waals surface area (Å²) in [5.74, 6) is -0.607. The number of nitrogens with zero attached hydrogens (tertiary/aromatic N) is 1. The molecule has 0 radical (unpaired) electrons. The number of carbonyl (C=O) groups excluding carboxylic acids is 2. The first kappa shape index (κ1) is 26.9. The molecule has 0 bridgehead atoms. The van der Waals surface area contributed by atoms with Gasteiger partial charge in [0.15, 0.2) is 0 Å². The SMILES string of the molecule is CC(C)C(NC(=O)C1CCC(N)(CCO)C1)C(=O)N1CCC(O)(c2ccc(Cl)cc2)C(C)(C)C1. The molecule has 1 aromatic carbocycles. The lowest BCUT2D eigenvalue weighted by atomic mass is 9.66. The van der Waals surface area contributed by atoms with E-state index < -0.39 is 22.6 Å². The number of aliphatic hydroxyl groups is 2. The molecule has 2 amide bonds. The maximum atomic E-state index is 13.6. The van der Waals surface area contributed by atoms with E-state index in [0.29, 0.717) is 50.2 Å². The van der Waals surface area contributed by atoms with Gasteiger partial charge in [-0.1, -0.05) is 51.4 Å². The highest BCUT2D eigenvalue weighted by molar-refractivity contribution is 6.30. The monoisotopic (exact) mass is 493 g/mol. The molecule has 8 heteroatoms. The minimum absolute atomic E-state index is 0.00502. The summed E-state index contributed by atoms with van der Waals surface area (Å²) in [6, 6.07) is 6.58. The predicted octanol–water partition coefficient (Wildman–Crippen LogP) is 2.81. The smallest absolute Gasteiger partial charge is 0.245 e. The summed E-state index contributed by atoms with van der Waals surface area (Å²) in [7, 11) is 0. The van der Waals surface area contributed by atoms with E-state index in [9.17, 15) is 19.8 Å². The molecule has 1 aliphatic carbocycles. The number of amides is 2. The van der Waals surface area contributed by atoms with Crippen LogP contribution in [-0.2, 0) is 15.2 Å². The second kappa shape index (κ2) is 10.1. The van der Waals surface area contributed by atoms with Crippen molar-refractivity contribution < 1.29 is 19.8 Å². The Morgan fingerprint density at radius 3 is 2.44 bits per heavy atom. The number of hydrogen-bond acceptors (Lipinski definition) is 5. The van der Waals surface area contributed by atoms with Gasteiger partial charge in [-0.3, -0.25) is 9.59 Å². The van der Waals surface area contributed by atoms with Gasteiger partial charge in [-0.15, -0.1) is 0 Å². The second-order valence-corrected chi connectivity index (χ2v) is 11.7. The van der Waals surface area contributed by atoms with E-state index in [1.165, 1.54) is 0 Å². The molecule has 0 aromatic heterocycles. The molecule has 5 N–H and O–H groups in total. The van der Waals surface area contributed by atoms with Crippen molar-refractivity contribution in [3.8, 4) is 0 Å². The Labute approximate surface area is 208 Å². The number of piperidine rings is 1. The van der Waals surface area contributed by atoms with E-state index in [2.05, 4.69) is 5.32 Å². The topological polar surface area (TPSA) is 116 Å². The van der Waals surface area contributed by atoms with E-state index in [-0.39, 0.29) is 30.3 Å². The molecule has 0 spiro atoms. The second-order valence-electron chi connectivity index (χ2n) is 11.3. The average molecular weight is 494 g/mol. The number of nitrogens with two attached hydrogens (primary N) is 1. The zero-order chi connectivity index (χ0) is 25.3. The molecule has 1 aliphatic heterocycles. The van der Waals surface area contributed by atoms with Gasteiger partial charge in [-0.05, 0) is 55.7 Å². The van der Waals surface area contributed by atoms with Crippen molar-refractivity contribution in [3.05, 3.63) is 34.9 Å². The first-order valence-electron chi connectivity index (χ1n) is 12.3. The Balaban J connectivity index is 1.70. The lowest BCUT2D eigenvalue weighted by Crippen LogP contribution is -2.60. The van der Waals surface area contributed by atoms with E-state index in [4.69, 9.17) is 17.3 Å². The van der Waals surface area contributed by atoms with Crippen LogP contribution < -0.4 is 11.1 Å². The van der Waals surface area contributed by atoms with Gasteiger partial charge in [-0.2, -0.15) is 0 Å². The van der Waals surface area contributed by atoms with Crippen molar-refractivity contribution in [2.45, 2.75) is 77.0 Å². The molecule has 190 valence electrons. The summed E-state index contributed by atoms with van der Waals surface area (Å²) in [5.41, 5.74) is 4.91. The quantitative estimate of drug-likeness (QED) is 0.466. The zero-order valence-corrected chi connectivity index (χ0v) is 21.6. The third kappa shape index (κ3) is 5.43. The van der Waals surface area contributed by atoms with Crippen LogP contribution in [0.15, 0.2) is 24.3 Å². The number of nitrogens with one attached hydrogen (secondary N) is 1. The molecular formula is C26H40ClN3O4. The summed E-state index contributed by atoms with van der Waals surface area (Å²) in [4.78, 5) is 28.4. The maximum absolute atomic E-state index is 13.6. The highest BCUT2D eigenvalue weighted by Gasteiger charge is 2.50. The molecule has 2 aliphatic rings. The minimum atomic E-state index is -1.09. The Morgan fingerprint density at radius 1 is 1.24 bits per heavy atom. The molecule has 3 rings (SSSR count). The van der Waals surface area contributed by atoms with E-state index >= 15 is 0 Å². The number of hydrogen-bond donors (Lipinski definition) is 4. The van der Waals surface area contributed by atoms with E-state index in [1.54, 1.807) is 17.0 Å². The molecular weight excluding hydrogens is 454 g/mol. The van der Waals surface area contributed by atoms with Gasteiger partial charge in [0, 0.05) is 41.6 Å². The number of halogens is 1. The Kier molecular flexibility index (Phi) is 8.03. The van der Waals surface area contributed by atoms with Crippen molar-refractivity contribution in [2.75, 3.05) is 19.7 Å². The van der Waals surface area contributed by atoms with Gasteiger partial charge in [0.25, 0.3) is 0 Å². The number of benzene rings is 1. The fourth-order valence-corrected chi connectivity index (χ4v) is 5.71. The fourth-order valence-electron chi connectivity index (χ4n) is 5.58. The summed E-state index contributed by atoms with van der Waals surface area (Å²) in [6.07, 6.45) is 2.74. The van der Waals surface area contributed by atoms with Crippen LogP contribution in [0.3, 0.4) is 0 Å². The van der Waals surface area contributed by atoms with Gasteiger partial charge >= 0.3 is 0 Å². The zero-order valence-electron chi connectivity index (χ0n) is 20.8. The predicted molar refractivity (Wildman–Crippen MR) is 133 cm³/mol. The van der Waals surface area contributed by atoms with Crippen molar-refractivity contribution in [3.63, 3.8) is 0 Å². The normalized spacial score (nSPS) is 29.8. The largest absolute Gasteiger partial charge is 0.396 e. The van der Waals surface area contributed by atoms with Crippen molar-refractivity contribution >= 4 is 23.4 Å². The van der Waals surface area contributed by atoms with E-state index in [0.717, 1.165) is 5.56 Å². The summed E-state index contributed by atoms with van der Waals surface area (Å²) >= 11 is 6.03. The van der Waals surface area contributed by atoms with Gasteiger partial charge in [0.1, 0.15) is 6.04 Å². The molecule has 1 heterocycles. The number of carbonyl (C=O) groups is 2. The molecule has 4 atom stereocenters. The lowest BCUT2D eigenvalue weighted by molar-refractivity contribution is -0.157. The van der Waals surface area contributed by atoms with Crippen LogP contribution in [0.5, 0.6) is 0 Å². The van der Waals surface area contributed by atoms with Gasteiger partial charge in [-0.25, -0.2) is 0 Å². The molecule has 1 aromatic rings. The Bertz CT molecular complexity index is 891. The summed E-state index contributed by atoms with van der Waals surface area (Å²) in [5, 5.41) is 24.5. The first-order chi connectivity index (χ1) is 15.8. The molecule has 2 fully saturated rings. The van der Waals surface area contributed by atoms with Crippen LogP contribution in [0.2, 0.25) is 5.02 Å². The number of aliphatic hydroxyl groups excluding tert-OH is 1. The minimum Gasteiger partial charge on any atom is -0.396 e. The highest BCUT2D eigenvalue weighted by atomic mass is 35.5. The van der Waals surface area contributed by atoms with Gasteiger partial charge < -0.3 is 26.2 Å². The maximum Gasteiger partial charge on any atom is 0.245 e. The first-order valence-corrected chi connectivity index (χ1v) is 12.7. The van der Waals surface area contributed by atoms with Crippen LogP contribution in [0.4, 0.5) is 0 Å². The third-order valence-electron chi connectivity index (χ3n) is 7.94. The van der Waals surface area contributed by atoms with Gasteiger partial charge in [0.05, 0.1) is 5.60 Å². The Hall–Kier alpha value is -1.67. The number of rotatable bonds is 7. The van der Waals surface area contributed by atoms with Crippen LogP contribution in [-0.4, -0.2) is 58.2 Å². The van der Waals surface area contributed by atoms with Crippen LogP contribution in [0, 0.1) is 17.3 Å². The number of likely N-dealkylation sites (tertiary alicyclic amines) is 1. The third-order valence-corrected chi connectivity index (χ3v) is 8.19. The average Bonchev–Trinajstić information content (AvgIpc) is 3.15. The van der Waals surface area contributed by atoms with Crippen molar-refractivity contribution in [1.29, 1.82) is 0 Å². The lowest BCUT2D eigenvalue weighted by Gasteiger charge is -2.51. The van der Waals surface area contributed by atoms with Crippen molar-refractivity contribution in [1.82, 2.24) is 10.2 Å². The Morgan fingerprint density at radius 2 is 1.88 bits per heavy atom. The van der Waals surface area contributed by atoms with Gasteiger partial charge in [0.2, 0.25) is 11.8 Å². The van der Waals surface area contributed by atoms with E-state index in [1.807, 2.05) is 39.8 Å². The standard InChI is InChI=1S/C26H40ClN3O4/c1-17(2)21(29-22(32)18-9-10-25(28,15-18)12-14-31)23(33)30-13-11-26(34,24(3,4)16-30)19-5-7-20(27)8-6-19/h5-8,17-18,21,31,34H,9-16,28H2,1-4H3,(H,29,32). The van der Waals surface area contributed by atoms with Crippen LogP contribution in [0.1, 0.15) is 65.4 Å². The molecule has 34 heavy (non-hydrogen) atoms. The summed E-state index contributed by atoms with van der Waals surface area (Å²) < 4.78 is 0.